The first-order chi connectivity index (χ1) is 13.6. The molecule has 0 aliphatic rings. The van der Waals surface area contributed by atoms with Crippen LogP contribution in [-0.2, 0) is 11.4 Å². The van der Waals surface area contributed by atoms with E-state index >= 15 is 0 Å². The fourth-order valence-corrected chi connectivity index (χ4v) is 2.85. The first-order valence-corrected chi connectivity index (χ1v) is 8.56. The molecular formula is C20H16F2N4O2. The van der Waals surface area contributed by atoms with E-state index in [1.54, 1.807) is 37.3 Å². The van der Waals surface area contributed by atoms with E-state index < -0.39 is 6.55 Å². The Morgan fingerprint density at radius 1 is 1.14 bits per heavy atom. The van der Waals surface area contributed by atoms with Crippen molar-refractivity contribution in [3.63, 3.8) is 0 Å². The van der Waals surface area contributed by atoms with Crippen LogP contribution in [0.2, 0.25) is 0 Å². The van der Waals surface area contributed by atoms with Gasteiger partial charge in [-0.3, -0.25) is 4.57 Å². The number of para-hydroxylation sites is 2. The van der Waals surface area contributed by atoms with E-state index in [0.29, 0.717) is 22.5 Å². The maximum atomic E-state index is 13.5. The fourth-order valence-electron chi connectivity index (χ4n) is 2.85. The Morgan fingerprint density at radius 3 is 2.68 bits per heavy atom. The Bertz CT molecular complexity index is 1120. The summed E-state index contributed by atoms with van der Waals surface area (Å²) in [6.07, 6.45) is 0. The van der Waals surface area contributed by atoms with Crippen LogP contribution in [0, 0.1) is 0 Å². The molecule has 0 atom stereocenters. The molecular weight excluding hydrogens is 366 g/mol. The van der Waals surface area contributed by atoms with Crippen LogP contribution in [0.3, 0.4) is 0 Å². The van der Waals surface area contributed by atoms with E-state index in [1.165, 1.54) is 0 Å². The second-order valence-corrected chi connectivity index (χ2v) is 6.07. The Kier molecular flexibility index (Phi) is 4.84. The molecule has 0 N–H and O–H groups in total. The smallest absolute Gasteiger partial charge is 0.320 e. The molecule has 0 unspecified atom stereocenters. The van der Waals surface area contributed by atoms with Gasteiger partial charge in [-0.05, 0) is 19.1 Å². The number of alkyl halides is 2. The molecule has 0 bridgehead atoms. The van der Waals surface area contributed by atoms with Crippen LogP contribution in [0.15, 0.2) is 70.3 Å². The largest absolute Gasteiger partial charge is 0.389 e. The minimum absolute atomic E-state index is 0.0442. The minimum Gasteiger partial charge on any atom is -0.389 e. The number of benzene rings is 2. The quantitative estimate of drug-likeness (QED) is 0.347. The molecule has 0 fully saturated rings. The number of hydrogen-bond acceptors (Lipinski definition) is 5. The summed E-state index contributed by atoms with van der Waals surface area (Å²) < 4.78 is 33.1. The van der Waals surface area contributed by atoms with Gasteiger partial charge in [0.15, 0.2) is 18.2 Å². The van der Waals surface area contributed by atoms with Gasteiger partial charge in [0.25, 0.3) is 0 Å². The van der Waals surface area contributed by atoms with Gasteiger partial charge >= 0.3 is 6.55 Å². The van der Waals surface area contributed by atoms with Gasteiger partial charge in [0, 0.05) is 11.6 Å². The monoisotopic (exact) mass is 382 g/mol. The number of nitrogens with zero attached hydrogens (tertiary/aromatic N) is 4. The summed E-state index contributed by atoms with van der Waals surface area (Å²) in [5.74, 6) is 0.667. The molecule has 2 aromatic heterocycles. The van der Waals surface area contributed by atoms with E-state index in [1.807, 2.05) is 30.3 Å². The van der Waals surface area contributed by atoms with E-state index in [4.69, 9.17) is 9.36 Å². The maximum absolute atomic E-state index is 13.5. The van der Waals surface area contributed by atoms with Crippen molar-refractivity contribution in [1.29, 1.82) is 0 Å². The molecule has 6 nitrogen and oxygen atoms in total. The maximum Gasteiger partial charge on any atom is 0.320 e. The summed E-state index contributed by atoms with van der Waals surface area (Å²) in [7, 11) is 0. The predicted octanol–water partition coefficient (Wildman–Crippen LogP) is 5.03. The SMILES string of the molecule is C/C(=N\OCc1cc(-c2ccccc2)on1)c1nc2ccccc2n1C(F)F. The van der Waals surface area contributed by atoms with Crippen molar-refractivity contribution in [3.05, 3.63) is 72.2 Å². The Morgan fingerprint density at radius 2 is 1.89 bits per heavy atom. The lowest BCUT2D eigenvalue weighted by Crippen LogP contribution is -2.10. The Hall–Kier alpha value is -3.55. The van der Waals surface area contributed by atoms with Crippen LogP contribution >= 0.6 is 0 Å². The summed E-state index contributed by atoms with van der Waals surface area (Å²) in [6, 6.07) is 18.0. The van der Waals surface area contributed by atoms with Crippen LogP contribution in [0.4, 0.5) is 8.78 Å². The van der Waals surface area contributed by atoms with Crippen LogP contribution in [0.25, 0.3) is 22.4 Å². The van der Waals surface area contributed by atoms with Crippen LogP contribution in [0.1, 0.15) is 25.0 Å². The lowest BCUT2D eigenvalue weighted by Gasteiger charge is -2.07. The lowest BCUT2D eigenvalue weighted by atomic mass is 10.2. The predicted molar refractivity (Wildman–Crippen MR) is 99.9 cm³/mol. The summed E-state index contributed by atoms with van der Waals surface area (Å²) >= 11 is 0. The highest BCUT2D eigenvalue weighted by atomic mass is 19.3. The van der Waals surface area contributed by atoms with Gasteiger partial charge in [-0.1, -0.05) is 52.8 Å². The fraction of sp³-hybridized carbons (Fsp3) is 0.150. The minimum atomic E-state index is -2.74. The van der Waals surface area contributed by atoms with E-state index in [9.17, 15) is 8.78 Å². The average molecular weight is 382 g/mol. The van der Waals surface area contributed by atoms with Crippen molar-refractivity contribution in [2.24, 2.45) is 5.16 Å². The molecule has 4 aromatic rings. The van der Waals surface area contributed by atoms with Crippen LogP contribution < -0.4 is 0 Å². The van der Waals surface area contributed by atoms with E-state index in [2.05, 4.69) is 15.3 Å². The lowest BCUT2D eigenvalue weighted by molar-refractivity contribution is 0.0735. The molecule has 0 saturated carbocycles. The van der Waals surface area contributed by atoms with Crippen molar-refractivity contribution >= 4 is 16.7 Å². The number of hydrogen-bond donors (Lipinski definition) is 0. The van der Waals surface area contributed by atoms with Crippen LogP contribution in [0.5, 0.6) is 0 Å². The molecule has 0 amide bonds. The van der Waals surface area contributed by atoms with E-state index in [-0.39, 0.29) is 18.1 Å². The summed E-state index contributed by atoms with van der Waals surface area (Å²) in [5, 5.41) is 7.86. The number of halogens is 2. The number of imidazole rings is 1. The summed E-state index contributed by atoms with van der Waals surface area (Å²) in [4.78, 5) is 9.52. The van der Waals surface area contributed by atoms with Crippen LogP contribution in [-0.4, -0.2) is 20.4 Å². The summed E-state index contributed by atoms with van der Waals surface area (Å²) in [5.41, 5.74) is 2.48. The highest BCUT2D eigenvalue weighted by Crippen LogP contribution is 2.24. The summed E-state index contributed by atoms with van der Waals surface area (Å²) in [6.45, 7) is -1.13. The molecule has 0 aliphatic carbocycles. The van der Waals surface area contributed by atoms with Gasteiger partial charge in [0.05, 0.1) is 11.0 Å². The first-order valence-electron chi connectivity index (χ1n) is 8.56. The van der Waals surface area contributed by atoms with Crippen molar-refractivity contribution in [1.82, 2.24) is 14.7 Å². The van der Waals surface area contributed by atoms with Gasteiger partial charge < -0.3 is 9.36 Å². The van der Waals surface area contributed by atoms with Gasteiger partial charge in [0.2, 0.25) is 0 Å². The van der Waals surface area contributed by atoms with Crippen molar-refractivity contribution < 1.29 is 18.1 Å². The second kappa shape index (κ2) is 7.59. The standard InChI is InChI=1S/C20H16F2N4O2/c1-13(19-23-16-9-5-6-10-17(16)26(19)20(21)22)24-27-12-15-11-18(28-25-15)14-7-3-2-4-8-14/h2-11,20H,12H2,1H3/b24-13+. The zero-order valence-corrected chi connectivity index (χ0v) is 14.9. The Labute approximate surface area is 159 Å². The molecule has 0 aliphatic heterocycles. The van der Waals surface area contributed by atoms with Crippen molar-refractivity contribution in [2.75, 3.05) is 0 Å². The van der Waals surface area contributed by atoms with Gasteiger partial charge in [0.1, 0.15) is 11.4 Å². The molecule has 0 saturated heterocycles. The number of oxime groups is 1. The number of fused-ring (bicyclic) bond motifs is 1. The molecule has 2 heterocycles. The third-order valence-corrected chi connectivity index (χ3v) is 4.15. The zero-order valence-electron chi connectivity index (χ0n) is 14.9. The highest BCUT2D eigenvalue weighted by molar-refractivity contribution is 5.98. The van der Waals surface area contributed by atoms with Crippen molar-refractivity contribution in [2.45, 2.75) is 20.1 Å². The second-order valence-electron chi connectivity index (χ2n) is 6.07. The molecule has 0 radical (unpaired) electrons. The van der Waals surface area contributed by atoms with Crippen molar-refractivity contribution in [3.8, 4) is 11.3 Å². The third-order valence-electron chi connectivity index (χ3n) is 4.15. The highest BCUT2D eigenvalue weighted by Gasteiger charge is 2.19. The van der Waals surface area contributed by atoms with Gasteiger partial charge in [-0.15, -0.1) is 0 Å². The molecule has 4 rings (SSSR count). The number of rotatable bonds is 6. The molecule has 142 valence electrons. The third kappa shape index (κ3) is 3.48. The number of aromatic nitrogens is 3. The zero-order chi connectivity index (χ0) is 19.5. The molecule has 8 heteroatoms. The Balaban J connectivity index is 1.51. The van der Waals surface area contributed by atoms with Gasteiger partial charge in [-0.2, -0.15) is 8.78 Å². The molecule has 0 spiro atoms. The topological polar surface area (TPSA) is 65.4 Å². The van der Waals surface area contributed by atoms with Gasteiger partial charge in [-0.25, -0.2) is 4.98 Å². The first kappa shape index (κ1) is 17.8. The normalized spacial score (nSPS) is 12.1. The molecule has 28 heavy (non-hydrogen) atoms. The average Bonchev–Trinajstić information content (AvgIpc) is 3.33. The molecule has 2 aromatic carbocycles. The van der Waals surface area contributed by atoms with E-state index in [0.717, 1.165) is 10.1 Å².